The summed E-state index contributed by atoms with van der Waals surface area (Å²) in [6.45, 7) is 10.1. The first-order valence-corrected chi connectivity index (χ1v) is 5.65. The van der Waals surface area contributed by atoms with E-state index in [-0.39, 0.29) is 6.42 Å². The maximum absolute atomic E-state index is 10.5. The second-order valence-electron chi connectivity index (χ2n) is 3.37. The van der Waals surface area contributed by atoms with Crippen molar-refractivity contribution < 1.29 is 9.90 Å². The van der Waals surface area contributed by atoms with Gasteiger partial charge in [0.15, 0.2) is 0 Å². The van der Waals surface area contributed by atoms with Crippen molar-refractivity contribution >= 4 is 5.97 Å². The van der Waals surface area contributed by atoms with Crippen LogP contribution in [0.5, 0.6) is 0 Å². The van der Waals surface area contributed by atoms with Gasteiger partial charge >= 0.3 is 5.97 Å². The highest BCUT2D eigenvalue weighted by Crippen LogP contribution is 2.08. The fourth-order valence-electron chi connectivity index (χ4n) is 1.05. The highest BCUT2D eigenvalue weighted by molar-refractivity contribution is 5.70. The molecular weight excluding hydrogens is 188 g/mol. The van der Waals surface area contributed by atoms with Gasteiger partial charge in [-0.15, -0.1) is 0 Å². The highest BCUT2D eigenvalue weighted by Gasteiger charge is 2.00. The van der Waals surface area contributed by atoms with E-state index in [1.165, 1.54) is 0 Å². The van der Waals surface area contributed by atoms with Crippen molar-refractivity contribution in [2.24, 2.45) is 5.92 Å². The number of aliphatic carboxylic acids is 1. The summed E-state index contributed by atoms with van der Waals surface area (Å²) in [5, 5.41) is 8.62. The summed E-state index contributed by atoms with van der Waals surface area (Å²) in [6.07, 6.45) is 6.93. The van der Waals surface area contributed by atoms with Gasteiger partial charge in [-0.25, -0.2) is 0 Å². The number of hydrogen-bond donors (Lipinski definition) is 1. The molecule has 0 amide bonds. The van der Waals surface area contributed by atoms with Gasteiger partial charge in [0.1, 0.15) is 0 Å². The SMILES string of the molecule is CC.CC/C=C\C(=C/C(C)C)CC(=O)O. The molecule has 0 aromatic heterocycles. The fourth-order valence-corrected chi connectivity index (χ4v) is 1.05. The number of carboxylic acid groups (broad SMARTS) is 1. The van der Waals surface area contributed by atoms with Crippen LogP contribution >= 0.6 is 0 Å². The van der Waals surface area contributed by atoms with Gasteiger partial charge < -0.3 is 5.11 Å². The van der Waals surface area contributed by atoms with Gasteiger partial charge in [0.05, 0.1) is 6.42 Å². The number of carboxylic acids is 1. The molecule has 0 bridgehead atoms. The zero-order chi connectivity index (χ0) is 12.3. The quantitative estimate of drug-likeness (QED) is 0.698. The molecule has 0 heterocycles. The Bertz CT molecular complexity index is 213. The Morgan fingerprint density at radius 3 is 2.20 bits per heavy atom. The van der Waals surface area contributed by atoms with E-state index in [1.807, 2.05) is 52.8 Å². The lowest BCUT2D eigenvalue weighted by atomic mass is 10.1. The largest absolute Gasteiger partial charge is 0.481 e. The average Bonchev–Trinajstić information content (AvgIpc) is 2.15. The average molecular weight is 212 g/mol. The molecule has 0 aromatic carbocycles. The molecule has 0 fully saturated rings. The van der Waals surface area contributed by atoms with Gasteiger partial charge in [0, 0.05) is 0 Å². The molecular formula is C13H24O2. The molecule has 0 spiro atoms. The predicted octanol–water partition coefficient (Wildman–Crippen LogP) is 4.04. The van der Waals surface area contributed by atoms with Crippen molar-refractivity contribution in [2.45, 2.75) is 47.5 Å². The highest BCUT2D eigenvalue weighted by atomic mass is 16.4. The van der Waals surface area contributed by atoms with Crippen LogP contribution in [0.2, 0.25) is 0 Å². The molecule has 88 valence electrons. The standard InChI is InChI=1S/C11H18O2.C2H6/c1-4-5-6-10(7-9(2)3)8-11(12)13;1-2/h5-7,9H,4,8H2,1-3H3,(H,12,13);1-2H3/b6-5-,10-7+;. The molecule has 0 saturated heterocycles. The molecule has 2 nitrogen and oxygen atoms in total. The van der Waals surface area contributed by atoms with Crippen LogP contribution < -0.4 is 0 Å². The molecule has 0 radical (unpaired) electrons. The summed E-state index contributed by atoms with van der Waals surface area (Å²) in [5.74, 6) is -0.372. The number of rotatable bonds is 5. The van der Waals surface area contributed by atoms with Crippen molar-refractivity contribution in [1.29, 1.82) is 0 Å². The van der Waals surface area contributed by atoms with Crippen molar-refractivity contribution in [3.05, 3.63) is 23.8 Å². The molecule has 2 heteroatoms. The van der Waals surface area contributed by atoms with E-state index < -0.39 is 5.97 Å². The molecule has 0 atom stereocenters. The van der Waals surface area contributed by atoms with E-state index in [0.717, 1.165) is 12.0 Å². The van der Waals surface area contributed by atoms with Crippen LogP contribution in [0.15, 0.2) is 23.8 Å². The van der Waals surface area contributed by atoms with Crippen LogP contribution in [0.3, 0.4) is 0 Å². The summed E-state index contributed by atoms with van der Waals surface area (Å²) >= 11 is 0. The van der Waals surface area contributed by atoms with E-state index in [1.54, 1.807) is 0 Å². The van der Waals surface area contributed by atoms with Crippen LogP contribution in [-0.2, 0) is 4.79 Å². The Hall–Kier alpha value is -1.05. The van der Waals surface area contributed by atoms with E-state index in [4.69, 9.17) is 5.11 Å². The summed E-state index contributed by atoms with van der Waals surface area (Å²) in [6, 6.07) is 0. The molecule has 0 aliphatic carbocycles. The van der Waals surface area contributed by atoms with E-state index in [2.05, 4.69) is 0 Å². The number of hydrogen-bond acceptors (Lipinski definition) is 1. The minimum Gasteiger partial charge on any atom is -0.481 e. The molecule has 1 N–H and O–H groups in total. The van der Waals surface area contributed by atoms with Crippen molar-refractivity contribution in [3.8, 4) is 0 Å². The Morgan fingerprint density at radius 1 is 1.33 bits per heavy atom. The van der Waals surface area contributed by atoms with E-state index in [9.17, 15) is 4.79 Å². The molecule has 0 aliphatic rings. The Morgan fingerprint density at radius 2 is 1.87 bits per heavy atom. The molecule has 15 heavy (non-hydrogen) atoms. The maximum Gasteiger partial charge on any atom is 0.307 e. The second-order valence-corrected chi connectivity index (χ2v) is 3.37. The van der Waals surface area contributed by atoms with Gasteiger partial charge in [-0.1, -0.05) is 52.8 Å². The number of carbonyl (C=O) groups is 1. The van der Waals surface area contributed by atoms with Gasteiger partial charge in [-0.3, -0.25) is 4.79 Å². The summed E-state index contributed by atoms with van der Waals surface area (Å²) in [7, 11) is 0. The van der Waals surface area contributed by atoms with Crippen LogP contribution in [0.1, 0.15) is 47.5 Å². The van der Waals surface area contributed by atoms with Crippen LogP contribution in [-0.4, -0.2) is 11.1 Å². The van der Waals surface area contributed by atoms with Gasteiger partial charge in [-0.05, 0) is 17.9 Å². The summed E-state index contributed by atoms with van der Waals surface area (Å²) < 4.78 is 0. The molecule has 0 aliphatic heterocycles. The van der Waals surface area contributed by atoms with Gasteiger partial charge in [-0.2, -0.15) is 0 Å². The van der Waals surface area contributed by atoms with E-state index >= 15 is 0 Å². The van der Waals surface area contributed by atoms with Crippen LogP contribution in [0.25, 0.3) is 0 Å². The third-order valence-electron chi connectivity index (χ3n) is 1.47. The first-order chi connectivity index (χ1) is 7.06. The molecule has 0 unspecified atom stereocenters. The molecule has 0 saturated carbocycles. The monoisotopic (exact) mass is 212 g/mol. The van der Waals surface area contributed by atoms with Crippen molar-refractivity contribution in [3.63, 3.8) is 0 Å². The topological polar surface area (TPSA) is 37.3 Å². The first-order valence-electron chi connectivity index (χ1n) is 5.65. The minimum absolute atomic E-state index is 0.120. The Kier molecular flexibility index (Phi) is 12.0. The fraction of sp³-hybridized carbons (Fsp3) is 0.615. The molecule has 0 aromatic rings. The summed E-state index contributed by atoms with van der Waals surface area (Å²) in [4.78, 5) is 10.5. The predicted molar refractivity (Wildman–Crippen MR) is 66.0 cm³/mol. The normalized spacial score (nSPS) is 11.5. The lowest BCUT2D eigenvalue weighted by Crippen LogP contribution is -1.97. The smallest absolute Gasteiger partial charge is 0.307 e. The minimum atomic E-state index is -0.771. The second kappa shape index (κ2) is 11.0. The van der Waals surface area contributed by atoms with E-state index in [0.29, 0.717) is 5.92 Å². The third kappa shape index (κ3) is 12.9. The number of allylic oxidation sites excluding steroid dienone is 3. The van der Waals surface area contributed by atoms with Crippen molar-refractivity contribution in [2.75, 3.05) is 0 Å². The van der Waals surface area contributed by atoms with Gasteiger partial charge in [0.25, 0.3) is 0 Å². The first kappa shape index (κ1) is 16.4. The van der Waals surface area contributed by atoms with Crippen molar-refractivity contribution in [1.82, 2.24) is 0 Å². The van der Waals surface area contributed by atoms with Crippen LogP contribution in [0, 0.1) is 5.92 Å². The zero-order valence-corrected chi connectivity index (χ0v) is 10.6. The lowest BCUT2D eigenvalue weighted by molar-refractivity contribution is -0.136. The molecule has 0 rings (SSSR count). The third-order valence-corrected chi connectivity index (χ3v) is 1.47. The van der Waals surface area contributed by atoms with Gasteiger partial charge in [0.2, 0.25) is 0 Å². The Balaban J connectivity index is 0. The Labute approximate surface area is 93.7 Å². The lowest BCUT2D eigenvalue weighted by Gasteiger charge is -2.00. The maximum atomic E-state index is 10.5. The summed E-state index contributed by atoms with van der Waals surface area (Å²) in [5.41, 5.74) is 0.893. The zero-order valence-electron chi connectivity index (χ0n) is 10.6. The van der Waals surface area contributed by atoms with Crippen LogP contribution in [0.4, 0.5) is 0 Å².